The number of carbonyl (C=O) groups is 1. The van der Waals surface area contributed by atoms with Crippen molar-refractivity contribution in [3.63, 3.8) is 0 Å². The maximum absolute atomic E-state index is 11.8. The summed E-state index contributed by atoms with van der Waals surface area (Å²) in [6, 6.07) is 5.43. The van der Waals surface area contributed by atoms with Gasteiger partial charge in [-0.3, -0.25) is 14.9 Å². The first-order chi connectivity index (χ1) is 8.99. The summed E-state index contributed by atoms with van der Waals surface area (Å²) in [5.74, 6) is -0.472. The molecule has 1 amide bonds. The van der Waals surface area contributed by atoms with Crippen LogP contribution in [0.1, 0.15) is 6.92 Å². The molecule has 0 aliphatic carbocycles. The molecule has 0 saturated heterocycles. The number of amides is 1. The summed E-state index contributed by atoms with van der Waals surface area (Å²) in [5.41, 5.74) is 0.359. The Balaban J connectivity index is 2.08. The first kappa shape index (κ1) is 13.2. The van der Waals surface area contributed by atoms with Gasteiger partial charge in [0.05, 0.1) is 15.7 Å². The van der Waals surface area contributed by atoms with E-state index in [1.165, 1.54) is 30.3 Å². The second kappa shape index (κ2) is 5.15. The number of nitrogens with one attached hydrogen (secondary N) is 1. The lowest BCUT2D eigenvalue weighted by Gasteiger charge is -2.05. The summed E-state index contributed by atoms with van der Waals surface area (Å²) in [4.78, 5) is 22.6. The number of nitro groups is 1. The highest BCUT2D eigenvalue weighted by Crippen LogP contribution is 2.21. The molecule has 6 nitrogen and oxygen atoms in total. The third kappa shape index (κ3) is 2.76. The SMILES string of the molecule is CC1=CC=C(C(=O)Nc2ccc([N+](=O)[O-])cc2)S1=O. The minimum absolute atomic E-state index is 0.0563. The summed E-state index contributed by atoms with van der Waals surface area (Å²) in [6.45, 7) is 1.68. The van der Waals surface area contributed by atoms with Crippen LogP contribution in [0, 0.1) is 10.1 Å². The van der Waals surface area contributed by atoms with Crippen LogP contribution in [-0.2, 0) is 15.6 Å². The smallest absolute Gasteiger partial charge is 0.269 e. The van der Waals surface area contributed by atoms with Gasteiger partial charge in [-0.25, -0.2) is 4.21 Å². The first-order valence-electron chi connectivity index (χ1n) is 5.35. The zero-order valence-electron chi connectivity index (χ0n) is 9.95. The van der Waals surface area contributed by atoms with Crippen LogP contribution >= 0.6 is 0 Å². The normalized spacial score (nSPS) is 17.6. The van der Waals surface area contributed by atoms with E-state index in [0.717, 1.165) is 0 Å². The lowest BCUT2D eigenvalue weighted by Crippen LogP contribution is -2.16. The standard InChI is InChI=1S/C12H10N2O4S/c1-8-2-7-11(19(8)18)12(15)13-9-3-5-10(6-4-9)14(16)17/h2-7H,1H3,(H,13,15). The van der Waals surface area contributed by atoms with E-state index in [0.29, 0.717) is 10.6 Å². The largest absolute Gasteiger partial charge is 0.321 e. The predicted octanol–water partition coefficient (Wildman–Crippen LogP) is 2.08. The topological polar surface area (TPSA) is 89.3 Å². The molecule has 1 aliphatic heterocycles. The van der Waals surface area contributed by atoms with Crippen molar-refractivity contribution in [2.24, 2.45) is 0 Å². The Labute approximate surface area is 111 Å². The lowest BCUT2D eigenvalue weighted by atomic mass is 10.3. The zero-order chi connectivity index (χ0) is 14.0. The Bertz CT molecular complexity index is 632. The molecule has 98 valence electrons. The van der Waals surface area contributed by atoms with Gasteiger partial charge in [0.2, 0.25) is 0 Å². The quantitative estimate of drug-likeness (QED) is 0.677. The van der Waals surface area contributed by atoms with E-state index >= 15 is 0 Å². The number of allylic oxidation sites excluding steroid dienone is 3. The molecule has 0 spiro atoms. The third-order valence-electron chi connectivity index (χ3n) is 2.52. The van der Waals surface area contributed by atoms with Crippen molar-refractivity contribution < 1.29 is 13.9 Å². The Hall–Kier alpha value is -2.28. The molecule has 1 aromatic carbocycles. The minimum Gasteiger partial charge on any atom is -0.321 e. The van der Waals surface area contributed by atoms with Crippen molar-refractivity contribution in [2.45, 2.75) is 6.92 Å². The summed E-state index contributed by atoms with van der Waals surface area (Å²) in [7, 11) is -1.42. The van der Waals surface area contributed by atoms with E-state index in [9.17, 15) is 19.1 Å². The summed E-state index contributed by atoms with van der Waals surface area (Å²) < 4.78 is 11.7. The Morgan fingerprint density at radius 2 is 1.89 bits per heavy atom. The number of anilines is 1. The van der Waals surface area contributed by atoms with Gasteiger partial charge in [0, 0.05) is 22.7 Å². The van der Waals surface area contributed by atoms with Gasteiger partial charge in [-0.15, -0.1) is 0 Å². The second-order valence-corrected chi connectivity index (χ2v) is 5.46. The van der Waals surface area contributed by atoms with E-state index in [1.807, 2.05) is 0 Å². The number of nitrogens with zero attached hydrogens (tertiary/aromatic N) is 1. The molecule has 0 bridgehead atoms. The highest BCUT2D eigenvalue weighted by Gasteiger charge is 2.21. The molecule has 0 aromatic heterocycles. The fourth-order valence-corrected chi connectivity index (χ4v) is 2.46. The first-order valence-corrected chi connectivity index (χ1v) is 6.50. The third-order valence-corrected chi connectivity index (χ3v) is 3.96. The number of carbonyl (C=O) groups excluding carboxylic acids is 1. The van der Waals surface area contributed by atoms with Crippen molar-refractivity contribution in [3.8, 4) is 0 Å². The van der Waals surface area contributed by atoms with E-state index in [-0.39, 0.29) is 10.6 Å². The minimum atomic E-state index is -1.42. The number of non-ortho nitro benzene ring substituents is 1. The van der Waals surface area contributed by atoms with Gasteiger partial charge in [0.15, 0.2) is 0 Å². The van der Waals surface area contributed by atoms with Gasteiger partial charge in [0.1, 0.15) is 4.91 Å². The number of hydrogen-bond donors (Lipinski definition) is 1. The second-order valence-electron chi connectivity index (χ2n) is 3.84. The van der Waals surface area contributed by atoms with Crippen LogP contribution in [-0.4, -0.2) is 15.0 Å². The van der Waals surface area contributed by atoms with Gasteiger partial charge in [-0.1, -0.05) is 0 Å². The molecule has 1 heterocycles. The van der Waals surface area contributed by atoms with Crippen LogP contribution in [0.4, 0.5) is 11.4 Å². The van der Waals surface area contributed by atoms with Gasteiger partial charge in [-0.2, -0.15) is 0 Å². The molecular weight excluding hydrogens is 268 g/mol. The molecule has 0 radical (unpaired) electrons. The molecule has 7 heteroatoms. The molecule has 1 aliphatic rings. The molecule has 0 saturated carbocycles. The van der Waals surface area contributed by atoms with Gasteiger partial charge < -0.3 is 5.32 Å². The highest BCUT2D eigenvalue weighted by atomic mass is 32.2. The number of rotatable bonds is 3. The van der Waals surface area contributed by atoms with Crippen LogP contribution in [0.25, 0.3) is 0 Å². The maximum atomic E-state index is 11.8. The van der Waals surface area contributed by atoms with Crippen LogP contribution < -0.4 is 5.32 Å². The zero-order valence-corrected chi connectivity index (χ0v) is 10.8. The number of nitro benzene ring substituents is 1. The van der Waals surface area contributed by atoms with Crippen molar-refractivity contribution in [1.82, 2.24) is 0 Å². The Morgan fingerprint density at radius 3 is 2.37 bits per heavy atom. The molecule has 2 rings (SSSR count). The van der Waals surface area contributed by atoms with E-state index < -0.39 is 21.6 Å². The molecule has 1 N–H and O–H groups in total. The van der Waals surface area contributed by atoms with Crippen molar-refractivity contribution in [3.05, 3.63) is 56.3 Å². The molecule has 19 heavy (non-hydrogen) atoms. The van der Waals surface area contributed by atoms with Crippen molar-refractivity contribution in [1.29, 1.82) is 0 Å². The van der Waals surface area contributed by atoms with Gasteiger partial charge in [0.25, 0.3) is 11.6 Å². The maximum Gasteiger partial charge on any atom is 0.269 e. The lowest BCUT2D eigenvalue weighted by molar-refractivity contribution is -0.384. The summed E-state index contributed by atoms with van der Waals surface area (Å²) >= 11 is 0. The van der Waals surface area contributed by atoms with Crippen LogP contribution in [0.2, 0.25) is 0 Å². The predicted molar refractivity (Wildman–Crippen MR) is 71.7 cm³/mol. The monoisotopic (exact) mass is 278 g/mol. The molecular formula is C12H10N2O4S. The van der Waals surface area contributed by atoms with Crippen molar-refractivity contribution >= 4 is 28.1 Å². The van der Waals surface area contributed by atoms with E-state index in [2.05, 4.69) is 5.32 Å². The summed E-state index contributed by atoms with van der Waals surface area (Å²) in [6.07, 6.45) is 3.13. The molecule has 1 atom stereocenters. The Morgan fingerprint density at radius 1 is 1.26 bits per heavy atom. The fourth-order valence-electron chi connectivity index (χ4n) is 1.51. The molecule has 1 aromatic rings. The highest BCUT2D eigenvalue weighted by molar-refractivity contribution is 7.94. The summed E-state index contributed by atoms with van der Waals surface area (Å²) in [5, 5.41) is 13.0. The van der Waals surface area contributed by atoms with E-state index in [1.54, 1.807) is 13.0 Å². The Kier molecular flexibility index (Phi) is 3.57. The van der Waals surface area contributed by atoms with Crippen LogP contribution in [0.5, 0.6) is 0 Å². The average molecular weight is 278 g/mol. The number of benzene rings is 1. The van der Waals surface area contributed by atoms with Gasteiger partial charge in [-0.05, 0) is 31.2 Å². The van der Waals surface area contributed by atoms with E-state index in [4.69, 9.17) is 0 Å². The van der Waals surface area contributed by atoms with Gasteiger partial charge >= 0.3 is 0 Å². The van der Waals surface area contributed by atoms with Crippen molar-refractivity contribution in [2.75, 3.05) is 5.32 Å². The molecule has 0 fully saturated rings. The fraction of sp³-hybridized carbons (Fsp3) is 0.0833. The molecule has 1 unspecified atom stereocenters. The van der Waals surface area contributed by atoms with Crippen LogP contribution in [0.15, 0.2) is 46.2 Å². The number of hydrogen-bond acceptors (Lipinski definition) is 4. The van der Waals surface area contributed by atoms with Crippen LogP contribution in [0.3, 0.4) is 0 Å². The average Bonchev–Trinajstić information content (AvgIpc) is 2.70.